The number of nitrogens with one attached hydrogen (secondary N) is 1. The molecule has 0 saturated heterocycles. The lowest BCUT2D eigenvalue weighted by Gasteiger charge is -2.11. The normalized spacial score (nSPS) is 12.5. The highest BCUT2D eigenvalue weighted by molar-refractivity contribution is 4.70. The molecule has 0 radical (unpaired) electrons. The van der Waals surface area contributed by atoms with E-state index >= 15 is 0 Å². The van der Waals surface area contributed by atoms with Gasteiger partial charge in [-0.25, -0.2) is 0 Å². The van der Waals surface area contributed by atoms with Gasteiger partial charge in [-0.3, -0.25) is 0 Å². The molecule has 0 bridgehead atoms. The molecule has 3 heteroatoms. The smallest absolute Gasteiger partial charge is 0.0671 e. The fourth-order valence-corrected chi connectivity index (χ4v) is 0.793. The molecule has 0 heterocycles. The minimum absolute atomic E-state index is 0.249. The van der Waals surface area contributed by atoms with Crippen LogP contribution in [0, 0.1) is 11.3 Å². The van der Waals surface area contributed by atoms with Crippen molar-refractivity contribution < 1.29 is 4.74 Å². The van der Waals surface area contributed by atoms with Gasteiger partial charge in [-0.05, 0) is 13.8 Å². The molecule has 1 unspecified atom stereocenters. The first-order chi connectivity index (χ1) is 5.31. The van der Waals surface area contributed by atoms with Crippen LogP contribution in [-0.4, -0.2) is 25.8 Å². The molecule has 0 aromatic carbocycles. The average molecular weight is 156 g/mol. The van der Waals surface area contributed by atoms with Crippen LogP contribution in [0.25, 0.3) is 0 Å². The summed E-state index contributed by atoms with van der Waals surface area (Å²) in [5, 5.41) is 11.3. The number of nitriles is 1. The first-order valence-corrected chi connectivity index (χ1v) is 4.00. The zero-order valence-electron chi connectivity index (χ0n) is 7.26. The summed E-state index contributed by atoms with van der Waals surface area (Å²) in [7, 11) is 0. The molecule has 64 valence electrons. The van der Waals surface area contributed by atoms with E-state index in [0.717, 1.165) is 19.7 Å². The first-order valence-electron chi connectivity index (χ1n) is 4.00. The molecule has 0 spiro atoms. The van der Waals surface area contributed by atoms with Crippen molar-refractivity contribution in [3.63, 3.8) is 0 Å². The Hall–Kier alpha value is -0.590. The summed E-state index contributed by atoms with van der Waals surface area (Å²) < 4.78 is 5.28. The second-order valence-electron chi connectivity index (χ2n) is 2.38. The van der Waals surface area contributed by atoms with Crippen LogP contribution in [0.1, 0.15) is 20.3 Å². The fraction of sp³-hybridized carbons (Fsp3) is 0.875. The summed E-state index contributed by atoms with van der Waals surface area (Å²) in [6.07, 6.45) is 0.817. The second kappa shape index (κ2) is 7.52. The predicted octanol–water partition coefficient (Wildman–Crippen LogP) is 0.915. The van der Waals surface area contributed by atoms with Crippen LogP contribution in [0.4, 0.5) is 0 Å². The van der Waals surface area contributed by atoms with Crippen molar-refractivity contribution in [1.29, 1.82) is 5.26 Å². The fourth-order valence-electron chi connectivity index (χ4n) is 0.793. The maximum absolute atomic E-state index is 8.21. The van der Waals surface area contributed by atoms with E-state index < -0.39 is 0 Å². The minimum atomic E-state index is 0.249. The molecule has 3 nitrogen and oxygen atoms in total. The average Bonchev–Trinajstić information content (AvgIpc) is 1.99. The van der Waals surface area contributed by atoms with Crippen LogP contribution in [0.15, 0.2) is 0 Å². The van der Waals surface area contributed by atoms with E-state index in [1.807, 2.05) is 13.8 Å². The summed E-state index contributed by atoms with van der Waals surface area (Å²) in [6.45, 7) is 6.33. The molecular formula is C8H16N2O. The molecule has 1 atom stereocenters. The topological polar surface area (TPSA) is 45.0 Å². The third kappa shape index (κ3) is 7.31. The van der Waals surface area contributed by atoms with Crippen LogP contribution in [0.2, 0.25) is 0 Å². The van der Waals surface area contributed by atoms with Gasteiger partial charge >= 0.3 is 0 Å². The number of nitrogens with zero attached hydrogens (tertiary/aromatic N) is 1. The Morgan fingerprint density at radius 3 is 2.91 bits per heavy atom. The zero-order chi connectivity index (χ0) is 8.53. The highest BCUT2D eigenvalue weighted by Gasteiger charge is 1.97. The third-order valence-electron chi connectivity index (χ3n) is 1.30. The van der Waals surface area contributed by atoms with Crippen LogP contribution in [0.5, 0.6) is 0 Å². The maximum atomic E-state index is 8.21. The number of hydrogen-bond donors (Lipinski definition) is 1. The standard InChI is InChI=1S/C8H16N2O/c1-3-11-8(2)7-10-6-4-5-9/h8,10H,3-4,6-7H2,1-2H3. The Morgan fingerprint density at radius 1 is 1.64 bits per heavy atom. The zero-order valence-corrected chi connectivity index (χ0v) is 7.26. The van der Waals surface area contributed by atoms with Gasteiger partial charge in [0.1, 0.15) is 0 Å². The van der Waals surface area contributed by atoms with Crippen molar-refractivity contribution >= 4 is 0 Å². The molecular weight excluding hydrogens is 140 g/mol. The molecule has 0 fully saturated rings. The van der Waals surface area contributed by atoms with Crippen LogP contribution in [0.3, 0.4) is 0 Å². The number of rotatable bonds is 6. The summed E-state index contributed by atoms with van der Waals surface area (Å²) >= 11 is 0. The van der Waals surface area contributed by atoms with E-state index in [1.54, 1.807) is 0 Å². The lowest BCUT2D eigenvalue weighted by atomic mass is 10.4. The lowest BCUT2D eigenvalue weighted by Crippen LogP contribution is -2.27. The van der Waals surface area contributed by atoms with E-state index in [0.29, 0.717) is 6.42 Å². The Kier molecular flexibility index (Phi) is 7.11. The van der Waals surface area contributed by atoms with E-state index in [1.165, 1.54) is 0 Å². The molecule has 1 N–H and O–H groups in total. The van der Waals surface area contributed by atoms with Crippen LogP contribution >= 0.6 is 0 Å². The van der Waals surface area contributed by atoms with Gasteiger partial charge in [0.25, 0.3) is 0 Å². The molecule has 0 aliphatic carbocycles. The van der Waals surface area contributed by atoms with Gasteiger partial charge in [-0.15, -0.1) is 0 Å². The molecule has 0 rings (SSSR count). The molecule has 0 aliphatic rings. The van der Waals surface area contributed by atoms with E-state index in [4.69, 9.17) is 10.00 Å². The van der Waals surface area contributed by atoms with Gasteiger partial charge in [-0.2, -0.15) is 5.26 Å². The van der Waals surface area contributed by atoms with Crippen molar-refractivity contribution in [2.75, 3.05) is 19.7 Å². The Morgan fingerprint density at radius 2 is 2.36 bits per heavy atom. The highest BCUT2D eigenvalue weighted by atomic mass is 16.5. The largest absolute Gasteiger partial charge is 0.377 e. The maximum Gasteiger partial charge on any atom is 0.0671 e. The number of hydrogen-bond acceptors (Lipinski definition) is 3. The van der Waals surface area contributed by atoms with Gasteiger partial charge in [0.15, 0.2) is 0 Å². The molecule has 0 saturated carbocycles. The summed E-state index contributed by atoms with van der Waals surface area (Å²) in [5.74, 6) is 0. The molecule has 0 aliphatic heterocycles. The summed E-state index contributed by atoms with van der Waals surface area (Å²) in [4.78, 5) is 0. The Bertz CT molecular complexity index is 120. The third-order valence-corrected chi connectivity index (χ3v) is 1.30. The van der Waals surface area contributed by atoms with E-state index in [-0.39, 0.29) is 6.10 Å². The summed E-state index contributed by atoms with van der Waals surface area (Å²) in [5.41, 5.74) is 0. The summed E-state index contributed by atoms with van der Waals surface area (Å²) in [6, 6.07) is 2.07. The molecule has 0 amide bonds. The van der Waals surface area contributed by atoms with Crippen molar-refractivity contribution in [2.24, 2.45) is 0 Å². The molecule has 0 aromatic rings. The van der Waals surface area contributed by atoms with Gasteiger partial charge in [-0.1, -0.05) is 0 Å². The monoisotopic (exact) mass is 156 g/mol. The van der Waals surface area contributed by atoms with E-state index in [2.05, 4.69) is 11.4 Å². The quantitative estimate of drug-likeness (QED) is 0.581. The van der Waals surface area contributed by atoms with Gasteiger partial charge in [0.2, 0.25) is 0 Å². The predicted molar refractivity (Wildman–Crippen MR) is 44.2 cm³/mol. The highest BCUT2D eigenvalue weighted by Crippen LogP contribution is 1.86. The van der Waals surface area contributed by atoms with Crippen molar-refractivity contribution in [3.8, 4) is 6.07 Å². The van der Waals surface area contributed by atoms with Crippen molar-refractivity contribution in [3.05, 3.63) is 0 Å². The van der Waals surface area contributed by atoms with Crippen molar-refractivity contribution in [2.45, 2.75) is 26.4 Å². The SMILES string of the molecule is CCOC(C)CNCCC#N. The lowest BCUT2D eigenvalue weighted by molar-refractivity contribution is 0.0764. The van der Waals surface area contributed by atoms with E-state index in [9.17, 15) is 0 Å². The van der Waals surface area contributed by atoms with Gasteiger partial charge in [0.05, 0.1) is 12.2 Å². The van der Waals surface area contributed by atoms with Gasteiger partial charge < -0.3 is 10.1 Å². The van der Waals surface area contributed by atoms with Crippen LogP contribution < -0.4 is 5.32 Å². The molecule has 11 heavy (non-hydrogen) atoms. The first kappa shape index (κ1) is 10.4. The Balaban J connectivity index is 3.05. The van der Waals surface area contributed by atoms with Gasteiger partial charge in [0, 0.05) is 26.1 Å². The molecule has 0 aromatic heterocycles. The Labute approximate surface area is 68.3 Å². The number of ether oxygens (including phenoxy) is 1. The van der Waals surface area contributed by atoms with Crippen molar-refractivity contribution in [1.82, 2.24) is 5.32 Å². The van der Waals surface area contributed by atoms with Crippen LogP contribution in [-0.2, 0) is 4.74 Å². The second-order valence-corrected chi connectivity index (χ2v) is 2.38. The minimum Gasteiger partial charge on any atom is -0.377 e.